The van der Waals surface area contributed by atoms with Crippen molar-refractivity contribution in [2.24, 2.45) is 10.9 Å². The fraction of sp³-hybridized carbons (Fsp3) is 0.167. The predicted molar refractivity (Wildman–Crippen MR) is 82.0 cm³/mol. The largest absolute Gasteiger partial charge is 0.481 e. The molecule has 0 aromatic heterocycles. The van der Waals surface area contributed by atoms with Crippen molar-refractivity contribution in [3.05, 3.63) is 70.7 Å². The highest BCUT2D eigenvalue weighted by Crippen LogP contribution is 2.20. The van der Waals surface area contributed by atoms with Crippen molar-refractivity contribution in [3.8, 4) is 0 Å². The van der Waals surface area contributed by atoms with Gasteiger partial charge in [0.2, 0.25) is 0 Å². The lowest BCUT2D eigenvalue weighted by atomic mass is 9.90. The summed E-state index contributed by atoms with van der Waals surface area (Å²) in [7, 11) is 0. The molecule has 110 valence electrons. The van der Waals surface area contributed by atoms with Gasteiger partial charge in [-0.05, 0) is 11.6 Å². The summed E-state index contributed by atoms with van der Waals surface area (Å²) in [4.78, 5) is 28.3. The lowest BCUT2D eigenvalue weighted by Crippen LogP contribution is -2.28. The molecule has 0 fully saturated rings. The number of hydrogen-bond donors (Lipinski definition) is 1. The van der Waals surface area contributed by atoms with E-state index in [1.165, 1.54) is 0 Å². The summed E-state index contributed by atoms with van der Waals surface area (Å²) in [6.45, 7) is 0.346. The van der Waals surface area contributed by atoms with Crippen LogP contribution in [0.15, 0.2) is 59.6 Å². The second-order valence-corrected chi connectivity index (χ2v) is 5.24. The average molecular weight is 293 g/mol. The Balaban J connectivity index is 1.95. The molecule has 0 unspecified atom stereocenters. The van der Waals surface area contributed by atoms with Crippen LogP contribution < -0.4 is 10.6 Å². The van der Waals surface area contributed by atoms with E-state index >= 15 is 0 Å². The maximum absolute atomic E-state index is 12.3. The Morgan fingerprint density at radius 3 is 2.45 bits per heavy atom. The first-order chi connectivity index (χ1) is 10.7. The molecule has 3 rings (SSSR count). The highest BCUT2D eigenvalue weighted by molar-refractivity contribution is 6.00. The van der Waals surface area contributed by atoms with Crippen LogP contribution in [0.5, 0.6) is 0 Å². The highest BCUT2D eigenvalue weighted by atomic mass is 16.4. The number of aliphatic carboxylic acids is 1. The van der Waals surface area contributed by atoms with Crippen molar-refractivity contribution < 1.29 is 14.7 Å². The van der Waals surface area contributed by atoms with E-state index in [4.69, 9.17) is 0 Å². The van der Waals surface area contributed by atoms with Gasteiger partial charge >= 0.3 is 5.97 Å². The molecule has 22 heavy (non-hydrogen) atoms. The summed E-state index contributed by atoms with van der Waals surface area (Å²) >= 11 is 0. The summed E-state index contributed by atoms with van der Waals surface area (Å²) < 4.78 is 0. The molecule has 4 heteroatoms. The number of carbonyl (C=O) groups excluding carboxylic acids is 1. The number of carboxylic acid groups (broad SMARTS) is 1. The molecule has 0 radical (unpaired) electrons. The van der Waals surface area contributed by atoms with Gasteiger partial charge in [0.15, 0.2) is 5.78 Å². The van der Waals surface area contributed by atoms with Crippen molar-refractivity contribution in [1.82, 2.24) is 0 Å². The van der Waals surface area contributed by atoms with Crippen molar-refractivity contribution in [2.75, 3.05) is 6.54 Å². The molecular formula is C18H15NO3. The predicted octanol–water partition coefficient (Wildman–Crippen LogP) is 1.44. The van der Waals surface area contributed by atoms with Gasteiger partial charge in [-0.3, -0.25) is 14.6 Å². The molecule has 0 spiro atoms. The van der Waals surface area contributed by atoms with Crippen LogP contribution >= 0.6 is 0 Å². The maximum Gasteiger partial charge on any atom is 0.311 e. The standard InChI is InChI=1S/C18H15NO3/c20-17(12-6-2-1-3-7-12)10-14(18(21)22)15-11-19-16-9-5-4-8-13(15)16/h1-9,14H,10-11H2,(H,21,22)/t14-/m1/s1. The number of benzene rings is 2. The summed E-state index contributed by atoms with van der Waals surface area (Å²) in [6, 6.07) is 16.2. The van der Waals surface area contributed by atoms with Crippen LogP contribution in [-0.4, -0.2) is 23.4 Å². The van der Waals surface area contributed by atoms with E-state index < -0.39 is 11.9 Å². The van der Waals surface area contributed by atoms with Crippen LogP contribution in [0.3, 0.4) is 0 Å². The van der Waals surface area contributed by atoms with E-state index in [-0.39, 0.29) is 12.2 Å². The van der Waals surface area contributed by atoms with Crippen LogP contribution in [-0.2, 0) is 4.79 Å². The van der Waals surface area contributed by atoms with Crippen molar-refractivity contribution in [3.63, 3.8) is 0 Å². The lowest BCUT2D eigenvalue weighted by molar-refractivity contribution is -0.139. The molecule has 2 aromatic carbocycles. The van der Waals surface area contributed by atoms with Crippen molar-refractivity contribution in [2.45, 2.75) is 6.42 Å². The monoisotopic (exact) mass is 293 g/mol. The van der Waals surface area contributed by atoms with Crippen LogP contribution in [0.4, 0.5) is 0 Å². The molecule has 1 atom stereocenters. The number of Topliss-reactive ketones (excluding diaryl/α,β-unsaturated/α-hetero) is 1. The molecule has 0 aliphatic carbocycles. The minimum absolute atomic E-state index is 0.0431. The van der Waals surface area contributed by atoms with E-state index in [0.29, 0.717) is 17.7 Å². The fourth-order valence-corrected chi connectivity index (χ4v) is 2.72. The number of fused-ring (bicyclic) bond motifs is 1. The Labute approximate surface area is 127 Å². The Bertz CT molecular complexity index is 840. The molecule has 1 aliphatic heterocycles. The summed E-state index contributed by atoms with van der Waals surface area (Å²) in [6.07, 6.45) is -0.0431. The minimum atomic E-state index is -0.980. The highest BCUT2D eigenvalue weighted by Gasteiger charge is 2.27. The molecule has 1 N–H and O–H groups in total. The first kappa shape index (κ1) is 14.2. The Morgan fingerprint density at radius 2 is 1.73 bits per heavy atom. The molecule has 1 heterocycles. The van der Waals surface area contributed by atoms with E-state index in [0.717, 1.165) is 10.6 Å². The lowest BCUT2D eigenvalue weighted by Gasteiger charge is -2.13. The van der Waals surface area contributed by atoms with Gasteiger partial charge in [0.25, 0.3) is 0 Å². The van der Waals surface area contributed by atoms with Crippen LogP contribution in [0.2, 0.25) is 0 Å². The van der Waals surface area contributed by atoms with Crippen molar-refractivity contribution >= 4 is 17.3 Å². The van der Waals surface area contributed by atoms with Crippen LogP contribution in [0.25, 0.3) is 5.57 Å². The Hall–Kier alpha value is -2.75. The number of carbonyl (C=O) groups is 2. The van der Waals surface area contributed by atoms with E-state index in [9.17, 15) is 14.7 Å². The number of para-hydroxylation sites is 1. The molecule has 4 nitrogen and oxygen atoms in total. The molecule has 0 saturated carbocycles. The molecular weight excluding hydrogens is 278 g/mol. The third-order valence-electron chi connectivity index (χ3n) is 3.87. The number of ketones is 1. The Kier molecular flexibility index (Phi) is 3.83. The van der Waals surface area contributed by atoms with Crippen molar-refractivity contribution in [1.29, 1.82) is 0 Å². The number of nitrogens with zero attached hydrogens (tertiary/aromatic N) is 1. The van der Waals surface area contributed by atoms with Gasteiger partial charge in [-0.2, -0.15) is 0 Å². The first-order valence-electron chi connectivity index (χ1n) is 7.10. The van der Waals surface area contributed by atoms with Crippen LogP contribution in [0.1, 0.15) is 16.8 Å². The van der Waals surface area contributed by atoms with Gasteiger partial charge in [0.1, 0.15) is 0 Å². The number of rotatable bonds is 5. The third kappa shape index (κ3) is 2.68. The number of hydrogen-bond acceptors (Lipinski definition) is 3. The molecule has 0 amide bonds. The first-order valence-corrected chi connectivity index (χ1v) is 7.10. The van der Waals surface area contributed by atoms with Gasteiger partial charge in [-0.15, -0.1) is 0 Å². The smallest absolute Gasteiger partial charge is 0.311 e. The fourth-order valence-electron chi connectivity index (χ4n) is 2.72. The minimum Gasteiger partial charge on any atom is -0.481 e. The van der Waals surface area contributed by atoms with E-state index in [1.807, 2.05) is 30.3 Å². The third-order valence-corrected chi connectivity index (χ3v) is 3.87. The average Bonchev–Trinajstić information content (AvgIpc) is 2.96. The maximum atomic E-state index is 12.3. The molecule has 2 aromatic rings. The molecule has 0 saturated heterocycles. The van der Waals surface area contributed by atoms with Gasteiger partial charge in [0.05, 0.1) is 17.8 Å². The topological polar surface area (TPSA) is 66.7 Å². The summed E-state index contributed by atoms with van der Waals surface area (Å²) in [5.41, 5.74) is 1.25. The second kappa shape index (κ2) is 5.93. The zero-order valence-corrected chi connectivity index (χ0v) is 11.9. The van der Waals surface area contributed by atoms with E-state index in [1.54, 1.807) is 24.3 Å². The summed E-state index contributed by atoms with van der Waals surface area (Å²) in [5, 5.41) is 11.2. The van der Waals surface area contributed by atoms with Gasteiger partial charge in [-0.25, -0.2) is 0 Å². The van der Waals surface area contributed by atoms with Gasteiger partial charge in [-0.1, -0.05) is 48.5 Å². The SMILES string of the molecule is O=C(C[C@@H](C(=O)O)C1=c2ccccc2=NC1)c1ccccc1. The quantitative estimate of drug-likeness (QED) is 0.848. The van der Waals surface area contributed by atoms with Gasteiger partial charge < -0.3 is 5.11 Å². The second-order valence-electron chi connectivity index (χ2n) is 5.24. The normalized spacial score (nSPS) is 14.1. The summed E-state index contributed by atoms with van der Waals surface area (Å²) in [5.74, 6) is -1.98. The number of carboxylic acids is 1. The van der Waals surface area contributed by atoms with Gasteiger partial charge in [0, 0.05) is 17.2 Å². The molecule has 1 aliphatic rings. The zero-order chi connectivity index (χ0) is 15.5. The Morgan fingerprint density at radius 1 is 1.05 bits per heavy atom. The van der Waals surface area contributed by atoms with Crippen LogP contribution in [0, 0.1) is 5.92 Å². The molecule has 0 bridgehead atoms. The zero-order valence-electron chi connectivity index (χ0n) is 11.9. The van der Waals surface area contributed by atoms with E-state index in [2.05, 4.69) is 4.99 Å².